The molecule has 0 unspecified atom stereocenters. The zero-order valence-electron chi connectivity index (χ0n) is 13.0. The topological polar surface area (TPSA) is 20.3 Å². The molecule has 3 rings (SSSR count). The van der Waals surface area contributed by atoms with Crippen molar-refractivity contribution in [2.24, 2.45) is 0 Å². The van der Waals surface area contributed by atoms with Crippen molar-refractivity contribution >= 4 is 11.5 Å². The van der Waals surface area contributed by atoms with E-state index >= 15 is 0 Å². The molecule has 1 aliphatic heterocycles. The van der Waals surface area contributed by atoms with E-state index in [1.54, 1.807) is 0 Å². The highest BCUT2D eigenvalue weighted by molar-refractivity contribution is 6.09. The van der Waals surface area contributed by atoms with E-state index < -0.39 is 0 Å². The third kappa shape index (κ3) is 2.96. The van der Waals surface area contributed by atoms with Gasteiger partial charge in [-0.15, -0.1) is 0 Å². The van der Waals surface area contributed by atoms with Gasteiger partial charge in [0.1, 0.15) is 0 Å². The van der Waals surface area contributed by atoms with Crippen molar-refractivity contribution in [3.05, 3.63) is 77.4 Å². The van der Waals surface area contributed by atoms with E-state index in [0.29, 0.717) is 0 Å². The van der Waals surface area contributed by atoms with Gasteiger partial charge in [0.05, 0.1) is 0 Å². The molecule has 0 N–H and O–H groups in total. The second-order valence-corrected chi connectivity index (χ2v) is 5.64. The average molecular weight is 291 g/mol. The molecule has 2 heteroatoms. The number of carbonyl (C=O) groups excluding carboxylic acids is 1. The number of hydrogen-bond acceptors (Lipinski definition) is 2. The second kappa shape index (κ2) is 6.61. The summed E-state index contributed by atoms with van der Waals surface area (Å²) in [5, 5.41) is 0. The van der Waals surface area contributed by atoms with Gasteiger partial charge in [0.2, 0.25) is 0 Å². The van der Waals surface area contributed by atoms with Gasteiger partial charge in [-0.1, -0.05) is 54.6 Å². The molecule has 1 saturated heterocycles. The molecular weight excluding hydrogens is 270 g/mol. The molecule has 0 saturated carbocycles. The smallest absolute Gasteiger partial charge is 0.193 e. The van der Waals surface area contributed by atoms with Crippen LogP contribution in [0.25, 0.3) is 5.70 Å². The van der Waals surface area contributed by atoms with E-state index in [-0.39, 0.29) is 5.78 Å². The van der Waals surface area contributed by atoms with Crippen LogP contribution in [0.1, 0.15) is 41.3 Å². The summed E-state index contributed by atoms with van der Waals surface area (Å²) in [5.41, 5.74) is 3.86. The molecule has 0 atom stereocenters. The molecule has 112 valence electrons. The van der Waals surface area contributed by atoms with Crippen LogP contribution in [0, 0.1) is 0 Å². The fraction of sp³-hybridized carbons (Fsp3) is 0.250. The first-order chi connectivity index (χ1) is 10.8. The number of benzene rings is 2. The summed E-state index contributed by atoms with van der Waals surface area (Å²) in [5.74, 6) is 0.0827. The lowest BCUT2D eigenvalue weighted by Gasteiger charge is -2.22. The van der Waals surface area contributed by atoms with E-state index in [9.17, 15) is 4.79 Å². The Morgan fingerprint density at radius 1 is 0.909 bits per heavy atom. The number of ketones is 1. The van der Waals surface area contributed by atoms with Gasteiger partial charge in [0.25, 0.3) is 0 Å². The number of hydrogen-bond donors (Lipinski definition) is 0. The highest BCUT2D eigenvalue weighted by Gasteiger charge is 2.17. The Kier molecular flexibility index (Phi) is 4.38. The van der Waals surface area contributed by atoms with Crippen molar-refractivity contribution in [2.45, 2.75) is 19.8 Å². The van der Waals surface area contributed by atoms with Crippen LogP contribution in [-0.4, -0.2) is 23.8 Å². The Morgan fingerprint density at radius 3 is 2.23 bits per heavy atom. The molecule has 1 aliphatic rings. The van der Waals surface area contributed by atoms with Crippen molar-refractivity contribution in [3.8, 4) is 0 Å². The van der Waals surface area contributed by atoms with Crippen LogP contribution >= 0.6 is 0 Å². The molecule has 2 nitrogen and oxygen atoms in total. The van der Waals surface area contributed by atoms with E-state index in [1.807, 2.05) is 48.5 Å². The van der Waals surface area contributed by atoms with Crippen molar-refractivity contribution in [1.82, 2.24) is 4.90 Å². The summed E-state index contributed by atoms with van der Waals surface area (Å²) < 4.78 is 0. The molecule has 0 radical (unpaired) electrons. The van der Waals surface area contributed by atoms with Gasteiger partial charge < -0.3 is 4.90 Å². The van der Waals surface area contributed by atoms with Gasteiger partial charge in [0, 0.05) is 29.9 Å². The number of carbonyl (C=O) groups is 1. The number of rotatable bonds is 4. The Bertz CT molecular complexity index is 682. The first-order valence-electron chi connectivity index (χ1n) is 7.91. The van der Waals surface area contributed by atoms with Crippen LogP contribution in [0.3, 0.4) is 0 Å². The van der Waals surface area contributed by atoms with E-state index in [1.165, 1.54) is 18.5 Å². The number of likely N-dealkylation sites (tertiary alicyclic amines) is 1. The molecule has 0 aromatic heterocycles. The molecular formula is C20H21NO. The Morgan fingerprint density at radius 2 is 1.55 bits per heavy atom. The predicted molar refractivity (Wildman–Crippen MR) is 90.8 cm³/mol. The standard InChI is InChI=1S/C20H21NO/c1-2-19(21-13-6-7-14-21)17-11-8-12-18(15-17)20(22)16-9-4-3-5-10-16/h2-5,8-12,15H,6-7,13-14H2,1H3. The molecule has 1 fully saturated rings. The van der Waals surface area contributed by atoms with Crippen LogP contribution in [0.4, 0.5) is 0 Å². The maximum atomic E-state index is 12.6. The summed E-state index contributed by atoms with van der Waals surface area (Å²) in [6, 6.07) is 17.5. The van der Waals surface area contributed by atoms with Crippen LogP contribution in [0.2, 0.25) is 0 Å². The highest BCUT2D eigenvalue weighted by Crippen LogP contribution is 2.25. The van der Waals surface area contributed by atoms with Gasteiger partial charge in [-0.2, -0.15) is 0 Å². The predicted octanol–water partition coefficient (Wildman–Crippen LogP) is 4.37. The first kappa shape index (κ1) is 14.6. The molecule has 22 heavy (non-hydrogen) atoms. The summed E-state index contributed by atoms with van der Waals surface area (Å²) in [6.45, 7) is 4.28. The lowest BCUT2D eigenvalue weighted by atomic mass is 10.00. The van der Waals surface area contributed by atoms with Gasteiger partial charge >= 0.3 is 0 Å². The molecule has 1 heterocycles. The summed E-state index contributed by atoms with van der Waals surface area (Å²) in [7, 11) is 0. The first-order valence-corrected chi connectivity index (χ1v) is 7.91. The van der Waals surface area contributed by atoms with Crippen molar-refractivity contribution < 1.29 is 4.79 Å². The molecule has 0 spiro atoms. The Hall–Kier alpha value is -2.35. The average Bonchev–Trinajstić information content (AvgIpc) is 3.10. The normalized spacial score (nSPS) is 15.1. The number of allylic oxidation sites excluding steroid dienone is 1. The third-order valence-electron chi connectivity index (χ3n) is 4.18. The van der Waals surface area contributed by atoms with Crippen molar-refractivity contribution in [1.29, 1.82) is 0 Å². The fourth-order valence-electron chi connectivity index (χ4n) is 3.07. The largest absolute Gasteiger partial charge is 0.371 e. The minimum atomic E-state index is 0.0827. The zero-order valence-corrected chi connectivity index (χ0v) is 13.0. The fourth-order valence-corrected chi connectivity index (χ4v) is 3.07. The van der Waals surface area contributed by atoms with Crippen LogP contribution in [-0.2, 0) is 0 Å². The molecule has 2 aromatic rings. The van der Waals surface area contributed by atoms with Crippen LogP contribution < -0.4 is 0 Å². The Labute approximate surface area is 132 Å². The highest BCUT2D eigenvalue weighted by atomic mass is 16.1. The van der Waals surface area contributed by atoms with Crippen molar-refractivity contribution in [2.75, 3.05) is 13.1 Å². The summed E-state index contributed by atoms with van der Waals surface area (Å²) in [4.78, 5) is 15.0. The van der Waals surface area contributed by atoms with Gasteiger partial charge in [-0.3, -0.25) is 4.79 Å². The summed E-state index contributed by atoms with van der Waals surface area (Å²) >= 11 is 0. The SMILES string of the molecule is CC=C(c1cccc(C(=O)c2ccccc2)c1)N1CCCC1. The quantitative estimate of drug-likeness (QED) is 0.779. The minimum absolute atomic E-state index is 0.0827. The third-order valence-corrected chi connectivity index (χ3v) is 4.18. The second-order valence-electron chi connectivity index (χ2n) is 5.64. The Balaban J connectivity index is 1.91. The molecule has 0 amide bonds. The zero-order chi connectivity index (χ0) is 15.4. The lowest BCUT2D eigenvalue weighted by molar-refractivity contribution is 0.103. The number of nitrogens with zero attached hydrogens (tertiary/aromatic N) is 1. The maximum Gasteiger partial charge on any atom is 0.193 e. The van der Waals surface area contributed by atoms with Gasteiger partial charge in [0.15, 0.2) is 5.78 Å². The van der Waals surface area contributed by atoms with Crippen LogP contribution in [0.5, 0.6) is 0 Å². The summed E-state index contributed by atoms with van der Waals surface area (Å²) in [6.07, 6.45) is 4.65. The van der Waals surface area contributed by atoms with E-state index in [4.69, 9.17) is 0 Å². The monoisotopic (exact) mass is 291 g/mol. The van der Waals surface area contributed by atoms with Gasteiger partial charge in [-0.25, -0.2) is 0 Å². The van der Waals surface area contributed by atoms with E-state index in [2.05, 4.69) is 24.0 Å². The lowest BCUT2D eigenvalue weighted by Crippen LogP contribution is -2.17. The molecule has 0 bridgehead atoms. The molecule has 2 aromatic carbocycles. The minimum Gasteiger partial charge on any atom is -0.371 e. The van der Waals surface area contributed by atoms with Crippen LogP contribution in [0.15, 0.2) is 60.7 Å². The van der Waals surface area contributed by atoms with Crippen molar-refractivity contribution in [3.63, 3.8) is 0 Å². The maximum absolute atomic E-state index is 12.6. The van der Waals surface area contributed by atoms with Gasteiger partial charge in [-0.05, 0) is 31.4 Å². The molecule has 0 aliphatic carbocycles. The van der Waals surface area contributed by atoms with E-state index in [0.717, 1.165) is 29.8 Å².